The van der Waals surface area contributed by atoms with Crippen LogP contribution in [0.25, 0.3) is 0 Å². The molecule has 0 aromatic heterocycles. The molecule has 0 aliphatic rings. The summed E-state index contributed by atoms with van der Waals surface area (Å²) in [5, 5.41) is 3.27. The number of anilines is 1. The van der Waals surface area contributed by atoms with E-state index in [0.29, 0.717) is 18.0 Å². The maximum atomic E-state index is 14.0. The summed E-state index contributed by atoms with van der Waals surface area (Å²) in [5.41, 5.74) is 2.96. The first-order valence-corrected chi connectivity index (χ1v) is 14.9. The zero-order chi connectivity index (χ0) is 28.6. The minimum atomic E-state index is -4.13. The van der Waals surface area contributed by atoms with Crippen LogP contribution in [0, 0.1) is 13.8 Å². The van der Waals surface area contributed by atoms with Gasteiger partial charge in [-0.15, -0.1) is 0 Å². The number of benzene rings is 3. The van der Waals surface area contributed by atoms with Crippen LogP contribution >= 0.6 is 11.6 Å². The standard InChI is InChI=1S/C30H36ClN3O4S/c1-5-18-32-30(36)28(6-2)33(20-24-15-12-22(3)13-16-24)29(35)21-34(25-17-14-23(4)27(31)19-25)39(37,38)26-10-8-7-9-11-26/h7-17,19,28H,5-6,18,20-21H2,1-4H3,(H,32,36)/t28-/m1/s1. The Morgan fingerprint density at radius 1 is 0.949 bits per heavy atom. The van der Waals surface area contributed by atoms with Gasteiger partial charge in [0.05, 0.1) is 10.6 Å². The van der Waals surface area contributed by atoms with Gasteiger partial charge in [-0.25, -0.2) is 8.42 Å². The van der Waals surface area contributed by atoms with E-state index in [4.69, 9.17) is 11.6 Å². The lowest BCUT2D eigenvalue weighted by atomic mass is 10.1. The molecule has 0 aliphatic heterocycles. The average Bonchev–Trinajstić information content (AvgIpc) is 2.93. The summed E-state index contributed by atoms with van der Waals surface area (Å²) in [5.74, 6) is -0.763. The van der Waals surface area contributed by atoms with Crippen molar-refractivity contribution in [2.75, 3.05) is 17.4 Å². The number of rotatable bonds is 12. The Morgan fingerprint density at radius 3 is 2.21 bits per heavy atom. The predicted molar refractivity (Wildman–Crippen MR) is 156 cm³/mol. The number of amides is 2. The number of hydrogen-bond donors (Lipinski definition) is 1. The van der Waals surface area contributed by atoms with Crippen molar-refractivity contribution in [2.45, 2.75) is 58.0 Å². The molecule has 9 heteroatoms. The van der Waals surface area contributed by atoms with E-state index in [1.807, 2.05) is 52.0 Å². The summed E-state index contributed by atoms with van der Waals surface area (Å²) in [4.78, 5) is 28.7. The fourth-order valence-corrected chi connectivity index (χ4v) is 5.76. The molecule has 3 rings (SSSR count). The third kappa shape index (κ3) is 7.61. The molecule has 208 valence electrons. The van der Waals surface area contributed by atoms with Crippen molar-refractivity contribution in [1.82, 2.24) is 10.2 Å². The molecule has 2 amide bonds. The zero-order valence-electron chi connectivity index (χ0n) is 22.9. The Kier molecular flexibility index (Phi) is 10.5. The molecule has 0 radical (unpaired) electrons. The monoisotopic (exact) mass is 569 g/mol. The molecule has 1 N–H and O–H groups in total. The van der Waals surface area contributed by atoms with Crippen LogP contribution in [0.5, 0.6) is 0 Å². The summed E-state index contributed by atoms with van der Waals surface area (Å²) < 4.78 is 28.7. The minimum absolute atomic E-state index is 0.0484. The highest BCUT2D eigenvalue weighted by atomic mass is 35.5. The van der Waals surface area contributed by atoms with Crippen LogP contribution < -0.4 is 9.62 Å². The van der Waals surface area contributed by atoms with Crippen molar-refractivity contribution in [1.29, 1.82) is 0 Å². The van der Waals surface area contributed by atoms with Crippen LogP contribution in [0.2, 0.25) is 5.02 Å². The van der Waals surface area contributed by atoms with Crippen LogP contribution in [-0.2, 0) is 26.2 Å². The third-order valence-electron chi connectivity index (χ3n) is 6.46. The van der Waals surface area contributed by atoms with Crippen LogP contribution in [-0.4, -0.2) is 44.3 Å². The predicted octanol–water partition coefficient (Wildman–Crippen LogP) is 5.49. The number of sulfonamides is 1. The SMILES string of the molecule is CCCNC(=O)[C@@H](CC)N(Cc1ccc(C)cc1)C(=O)CN(c1ccc(C)c(Cl)c1)S(=O)(=O)c1ccccc1. The molecule has 1 atom stereocenters. The number of nitrogens with one attached hydrogen (secondary N) is 1. The fraction of sp³-hybridized carbons (Fsp3) is 0.333. The Morgan fingerprint density at radius 2 is 1.62 bits per heavy atom. The number of aryl methyl sites for hydroxylation is 2. The van der Waals surface area contributed by atoms with Gasteiger partial charge in [-0.05, 0) is 62.1 Å². The summed E-state index contributed by atoms with van der Waals surface area (Å²) in [6, 6.07) is 19.8. The van der Waals surface area contributed by atoms with E-state index in [0.717, 1.165) is 27.4 Å². The van der Waals surface area contributed by atoms with E-state index >= 15 is 0 Å². The Labute approximate surface area is 236 Å². The van der Waals surface area contributed by atoms with Crippen molar-refractivity contribution in [3.63, 3.8) is 0 Å². The summed E-state index contributed by atoms with van der Waals surface area (Å²) in [6.07, 6.45) is 1.13. The van der Waals surface area contributed by atoms with Gasteiger partial charge in [-0.2, -0.15) is 0 Å². The highest BCUT2D eigenvalue weighted by Crippen LogP contribution is 2.28. The van der Waals surface area contributed by atoms with Crippen molar-refractivity contribution in [3.8, 4) is 0 Å². The van der Waals surface area contributed by atoms with Crippen LogP contribution in [0.3, 0.4) is 0 Å². The Balaban J connectivity index is 2.06. The van der Waals surface area contributed by atoms with Gasteiger partial charge in [0, 0.05) is 18.1 Å². The topological polar surface area (TPSA) is 86.8 Å². The minimum Gasteiger partial charge on any atom is -0.354 e. The lowest BCUT2D eigenvalue weighted by molar-refractivity contribution is -0.140. The molecule has 39 heavy (non-hydrogen) atoms. The quantitative estimate of drug-likeness (QED) is 0.313. The Hall–Kier alpha value is -3.36. The first kappa shape index (κ1) is 30.2. The van der Waals surface area contributed by atoms with E-state index in [2.05, 4.69) is 5.32 Å². The van der Waals surface area contributed by atoms with Gasteiger partial charge in [0.2, 0.25) is 11.8 Å². The first-order valence-electron chi connectivity index (χ1n) is 13.0. The van der Waals surface area contributed by atoms with Gasteiger partial charge in [0.1, 0.15) is 12.6 Å². The van der Waals surface area contributed by atoms with Gasteiger partial charge < -0.3 is 10.2 Å². The molecule has 0 spiro atoms. The maximum absolute atomic E-state index is 14.0. The van der Waals surface area contributed by atoms with E-state index in [1.54, 1.807) is 36.4 Å². The smallest absolute Gasteiger partial charge is 0.264 e. The van der Waals surface area contributed by atoms with Crippen molar-refractivity contribution >= 4 is 39.1 Å². The molecular weight excluding hydrogens is 534 g/mol. The maximum Gasteiger partial charge on any atom is 0.264 e. The fourth-order valence-electron chi connectivity index (χ4n) is 4.16. The number of hydrogen-bond acceptors (Lipinski definition) is 4. The highest BCUT2D eigenvalue weighted by Gasteiger charge is 2.33. The average molecular weight is 570 g/mol. The Bertz CT molecular complexity index is 1380. The largest absolute Gasteiger partial charge is 0.354 e. The molecule has 7 nitrogen and oxygen atoms in total. The molecule has 3 aromatic carbocycles. The van der Waals surface area contributed by atoms with Gasteiger partial charge in [0.15, 0.2) is 0 Å². The van der Waals surface area contributed by atoms with Crippen molar-refractivity contribution < 1.29 is 18.0 Å². The number of carbonyl (C=O) groups is 2. The molecule has 0 aliphatic carbocycles. The lowest BCUT2D eigenvalue weighted by Gasteiger charge is -2.33. The molecule has 0 fully saturated rings. The van der Waals surface area contributed by atoms with E-state index < -0.39 is 28.5 Å². The summed E-state index contributed by atoms with van der Waals surface area (Å²) >= 11 is 6.37. The molecule has 3 aromatic rings. The van der Waals surface area contributed by atoms with Crippen molar-refractivity contribution in [2.24, 2.45) is 0 Å². The summed E-state index contributed by atoms with van der Waals surface area (Å²) in [7, 11) is -4.13. The van der Waals surface area contributed by atoms with Gasteiger partial charge in [-0.3, -0.25) is 13.9 Å². The van der Waals surface area contributed by atoms with Crippen LogP contribution in [0.4, 0.5) is 5.69 Å². The molecule has 0 bridgehead atoms. The molecule has 0 saturated carbocycles. The molecule has 0 heterocycles. The van der Waals surface area contributed by atoms with E-state index in [9.17, 15) is 18.0 Å². The second kappa shape index (κ2) is 13.6. The number of halogens is 1. The number of nitrogens with zero attached hydrogens (tertiary/aromatic N) is 2. The van der Waals surface area contributed by atoms with Crippen LogP contribution in [0.1, 0.15) is 43.4 Å². The first-order chi connectivity index (χ1) is 18.6. The van der Waals surface area contributed by atoms with Gasteiger partial charge >= 0.3 is 0 Å². The van der Waals surface area contributed by atoms with E-state index in [1.165, 1.54) is 17.0 Å². The zero-order valence-corrected chi connectivity index (χ0v) is 24.4. The van der Waals surface area contributed by atoms with Gasteiger partial charge in [-0.1, -0.05) is 79.5 Å². The lowest BCUT2D eigenvalue weighted by Crippen LogP contribution is -2.52. The molecule has 0 unspecified atom stereocenters. The molecular formula is C30H36ClN3O4S. The third-order valence-corrected chi connectivity index (χ3v) is 8.66. The highest BCUT2D eigenvalue weighted by molar-refractivity contribution is 7.92. The number of carbonyl (C=O) groups excluding carboxylic acids is 2. The normalized spacial score (nSPS) is 12.0. The second-order valence-electron chi connectivity index (χ2n) is 9.48. The van der Waals surface area contributed by atoms with Crippen LogP contribution in [0.15, 0.2) is 77.7 Å². The summed E-state index contributed by atoms with van der Waals surface area (Å²) in [6.45, 7) is 7.72. The molecule has 0 saturated heterocycles. The second-order valence-corrected chi connectivity index (χ2v) is 11.8. The van der Waals surface area contributed by atoms with E-state index in [-0.39, 0.29) is 23.0 Å². The van der Waals surface area contributed by atoms with Gasteiger partial charge in [0.25, 0.3) is 10.0 Å². The van der Waals surface area contributed by atoms with Crippen molar-refractivity contribution in [3.05, 3.63) is 94.5 Å².